The number of aromatic nitrogens is 1. The van der Waals surface area contributed by atoms with E-state index >= 15 is 0 Å². The fourth-order valence-electron chi connectivity index (χ4n) is 2.92. The molecule has 1 amide bonds. The third kappa shape index (κ3) is 7.27. The van der Waals surface area contributed by atoms with E-state index in [1.54, 1.807) is 0 Å². The first-order valence-corrected chi connectivity index (χ1v) is 10.0. The summed E-state index contributed by atoms with van der Waals surface area (Å²) in [6.45, 7) is 5.58. The average molecular weight is 399 g/mol. The Kier molecular flexibility index (Phi) is 8.73. The van der Waals surface area contributed by atoms with Gasteiger partial charge < -0.3 is 25.0 Å². The SMILES string of the molecule is CCNC(=NCc1cccc(C(=O)NCCN(C)C)c1)N(C)Cc1cccn1C. The number of hydrogen-bond donors (Lipinski definition) is 2. The highest BCUT2D eigenvalue weighted by Crippen LogP contribution is 2.08. The van der Waals surface area contributed by atoms with Crippen LogP contribution in [-0.2, 0) is 20.1 Å². The Bertz CT molecular complexity index is 811. The molecule has 0 saturated carbocycles. The maximum Gasteiger partial charge on any atom is 0.251 e. The highest BCUT2D eigenvalue weighted by Gasteiger charge is 2.09. The number of guanidine groups is 1. The zero-order valence-electron chi connectivity index (χ0n) is 18.3. The number of benzene rings is 1. The van der Waals surface area contributed by atoms with Crippen molar-refractivity contribution in [3.05, 3.63) is 59.4 Å². The van der Waals surface area contributed by atoms with Gasteiger partial charge in [0, 0.05) is 51.2 Å². The summed E-state index contributed by atoms with van der Waals surface area (Å²) >= 11 is 0. The number of nitrogens with zero attached hydrogens (tertiary/aromatic N) is 4. The highest BCUT2D eigenvalue weighted by molar-refractivity contribution is 5.94. The van der Waals surface area contributed by atoms with Crippen LogP contribution in [0.15, 0.2) is 47.6 Å². The standard InChI is InChI=1S/C22H34N6O/c1-6-23-22(28(5)17-20-11-8-13-27(20)4)25-16-18-9-7-10-19(15-18)21(29)24-12-14-26(2)3/h7-11,13,15H,6,12,14,16-17H2,1-5H3,(H,23,25)(H,24,29). The summed E-state index contributed by atoms with van der Waals surface area (Å²) in [7, 11) is 8.05. The molecule has 1 aromatic carbocycles. The number of likely N-dealkylation sites (N-methyl/N-ethyl adjacent to an activating group) is 1. The zero-order chi connectivity index (χ0) is 21.2. The fraction of sp³-hybridized carbons (Fsp3) is 0.455. The van der Waals surface area contributed by atoms with E-state index in [0.717, 1.165) is 31.2 Å². The lowest BCUT2D eigenvalue weighted by molar-refractivity contribution is 0.0951. The molecule has 2 aromatic rings. The van der Waals surface area contributed by atoms with Crippen molar-refractivity contribution >= 4 is 11.9 Å². The molecule has 0 spiro atoms. The van der Waals surface area contributed by atoms with E-state index in [9.17, 15) is 4.79 Å². The largest absolute Gasteiger partial charge is 0.357 e. The Morgan fingerprint density at radius 1 is 1.14 bits per heavy atom. The lowest BCUT2D eigenvalue weighted by Crippen LogP contribution is -2.38. The molecule has 158 valence electrons. The lowest BCUT2D eigenvalue weighted by Gasteiger charge is -2.22. The third-order valence-corrected chi connectivity index (χ3v) is 4.59. The van der Waals surface area contributed by atoms with Gasteiger partial charge in [0.2, 0.25) is 0 Å². The molecule has 2 N–H and O–H groups in total. The van der Waals surface area contributed by atoms with E-state index in [4.69, 9.17) is 4.99 Å². The Labute approximate surface area is 174 Å². The van der Waals surface area contributed by atoms with Crippen molar-refractivity contribution in [3.8, 4) is 0 Å². The molecule has 0 aliphatic rings. The smallest absolute Gasteiger partial charge is 0.251 e. The van der Waals surface area contributed by atoms with Crippen LogP contribution in [0.3, 0.4) is 0 Å². The number of amides is 1. The summed E-state index contributed by atoms with van der Waals surface area (Å²) in [6.07, 6.45) is 2.04. The second kappa shape index (κ2) is 11.3. The van der Waals surface area contributed by atoms with E-state index < -0.39 is 0 Å². The number of hydrogen-bond acceptors (Lipinski definition) is 3. The Hall–Kier alpha value is -2.80. The molecule has 1 aromatic heterocycles. The molecular formula is C22H34N6O. The molecule has 0 aliphatic carbocycles. The van der Waals surface area contributed by atoms with E-state index in [-0.39, 0.29) is 5.91 Å². The minimum Gasteiger partial charge on any atom is -0.357 e. The van der Waals surface area contributed by atoms with Crippen molar-refractivity contribution in [1.29, 1.82) is 0 Å². The number of carbonyl (C=O) groups excluding carboxylic acids is 1. The first-order valence-electron chi connectivity index (χ1n) is 10.0. The molecule has 0 radical (unpaired) electrons. The third-order valence-electron chi connectivity index (χ3n) is 4.59. The molecule has 0 atom stereocenters. The fourth-order valence-corrected chi connectivity index (χ4v) is 2.92. The maximum absolute atomic E-state index is 12.3. The number of rotatable bonds is 9. The van der Waals surface area contributed by atoms with Gasteiger partial charge in [-0.05, 0) is 50.8 Å². The van der Waals surface area contributed by atoms with Crippen LogP contribution in [0.25, 0.3) is 0 Å². The first kappa shape index (κ1) is 22.5. The van der Waals surface area contributed by atoms with Gasteiger partial charge >= 0.3 is 0 Å². The summed E-state index contributed by atoms with van der Waals surface area (Å²) in [5.74, 6) is 0.792. The Morgan fingerprint density at radius 2 is 1.93 bits per heavy atom. The van der Waals surface area contributed by atoms with Crippen molar-refractivity contribution in [2.45, 2.75) is 20.0 Å². The molecule has 0 unspecified atom stereocenters. The summed E-state index contributed by atoms with van der Waals surface area (Å²) in [4.78, 5) is 21.3. The first-order chi connectivity index (χ1) is 13.9. The average Bonchev–Trinajstić information content (AvgIpc) is 3.09. The van der Waals surface area contributed by atoms with Crippen molar-refractivity contribution in [2.24, 2.45) is 12.0 Å². The van der Waals surface area contributed by atoms with Crippen molar-refractivity contribution in [3.63, 3.8) is 0 Å². The van der Waals surface area contributed by atoms with Crippen LogP contribution in [0, 0.1) is 0 Å². The monoisotopic (exact) mass is 398 g/mol. The summed E-state index contributed by atoms with van der Waals surface area (Å²) < 4.78 is 2.11. The Balaban J connectivity index is 2.02. The second-order valence-corrected chi connectivity index (χ2v) is 7.40. The van der Waals surface area contributed by atoms with E-state index in [0.29, 0.717) is 18.7 Å². The lowest BCUT2D eigenvalue weighted by atomic mass is 10.1. The van der Waals surface area contributed by atoms with Gasteiger partial charge in [0.25, 0.3) is 5.91 Å². The molecule has 2 rings (SSSR count). The number of aliphatic imine (C=N–C) groups is 1. The Morgan fingerprint density at radius 3 is 2.59 bits per heavy atom. The normalized spacial score (nSPS) is 11.6. The van der Waals surface area contributed by atoms with Crippen LogP contribution in [-0.4, -0.2) is 67.0 Å². The van der Waals surface area contributed by atoms with Gasteiger partial charge in [-0.3, -0.25) is 4.79 Å². The number of aryl methyl sites for hydroxylation is 1. The van der Waals surface area contributed by atoms with Gasteiger partial charge in [-0.25, -0.2) is 4.99 Å². The van der Waals surface area contributed by atoms with Gasteiger partial charge in [-0.15, -0.1) is 0 Å². The highest BCUT2D eigenvalue weighted by atomic mass is 16.1. The molecule has 29 heavy (non-hydrogen) atoms. The quantitative estimate of drug-likeness (QED) is 0.500. The minimum atomic E-state index is -0.0505. The number of carbonyl (C=O) groups is 1. The van der Waals surface area contributed by atoms with Gasteiger partial charge in [0.1, 0.15) is 0 Å². The van der Waals surface area contributed by atoms with Crippen LogP contribution < -0.4 is 10.6 Å². The topological polar surface area (TPSA) is 64.9 Å². The molecule has 7 nitrogen and oxygen atoms in total. The molecule has 0 fully saturated rings. The van der Waals surface area contributed by atoms with E-state index in [1.807, 2.05) is 69.6 Å². The van der Waals surface area contributed by atoms with E-state index in [1.165, 1.54) is 5.69 Å². The van der Waals surface area contributed by atoms with Gasteiger partial charge in [0.15, 0.2) is 5.96 Å². The second-order valence-electron chi connectivity index (χ2n) is 7.40. The predicted octanol–water partition coefficient (Wildman–Crippen LogP) is 1.91. The van der Waals surface area contributed by atoms with Crippen LogP contribution >= 0.6 is 0 Å². The van der Waals surface area contributed by atoms with Crippen LogP contribution in [0.1, 0.15) is 28.5 Å². The molecule has 0 saturated heterocycles. The minimum absolute atomic E-state index is 0.0505. The maximum atomic E-state index is 12.3. The van der Waals surface area contributed by atoms with Gasteiger partial charge in [0.05, 0.1) is 13.1 Å². The predicted molar refractivity (Wildman–Crippen MR) is 119 cm³/mol. The van der Waals surface area contributed by atoms with Gasteiger partial charge in [-0.1, -0.05) is 12.1 Å². The zero-order valence-corrected chi connectivity index (χ0v) is 18.3. The summed E-state index contributed by atoms with van der Waals surface area (Å²) in [5, 5.41) is 6.29. The van der Waals surface area contributed by atoms with Crippen LogP contribution in [0.5, 0.6) is 0 Å². The van der Waals surface area contributed by atoms with Crippen molar-refractivity contribution in [2.75, 3.05) is 40.8 Å². The van der Waals surface area contributed by atoms with Crippen molar-refractivity contribution < 1.29 is 4.79 Å². The van der Waals surface area contributed by atoms with Crippen LogP contribution in [0.4, 0.5) is 0 Å². The molecule has 1 heterocycles. The molecule has 0 bridgehead atoms. The van der Waals surface area contributed by atoms with Gasteiger partial charge in [-0.2, -0.15) is 0 Å². The van der Waals surface area contributed by atoms with Crippen molar-refractivity contribution in [1.82, 2.24) is 25.0 Å². The number of nitrogens with one attached hydrogen (secondary N) is 2. The molecule has 0 aliphatic heterocycles. The summed E-state index contributed by atoms with van der Waals surface area (Å²) in [6, 6.07) is 11.8. The molecule has 7 heteroatoms. The van der Waals surface area contributed by atoms with E-state index in [2.05, 4.69) is 33.1 Å². The summed E-state index contributed by atoms with van der Waals surface area (Å²) in [5.41, 5.74) is 2.89. The van der Waals surface area contributed by atoms with Crippen LogP contribution in [0.2, 0.25) is 0 Å². The molecular weight excluding hydrogens is 364 g/mol.